The first-order valence-corrected chi connectivity index (χ1v) is 10.6. The number of carbonyl (C=O) groups is 1. The molecule has 2 fully saturated rings. The van der Waals surface area contributed by atoms with Crippen molar-refractivity contribution in [3.05, 3.63) is 35.9 Å². The smallest absolute Gasteiger partial charge is 0.227 e. The van der Waals surface area contributed by atoms with Gasteiger partial charge in [0.05, 0.1) is 11.7 Å². The lowest BCUT2D eigenvalue weighted by Gasteiger charge is -2.37. The number of hydrogen-bond acceptors (Lipinski definition) is 4. The predicted molar refractivity (Wildman–Crippen MR) is 104 cm³/mol. The van der Waals surface area contributed by atoms with Crippen molar-refractivity contribution in [3.8, 4) is 0 Å². The maximum absolute atomic E-state index is 12.8. The third-order valence-electron chi connectivity index (χ3n) is 5.09. The van der Waals surface area contributed by atoms with E-state index < -0.39 is 10.0 Å². The van der Waals surface area contributed by atoms with Crippen LogP contribution >= 0.6 is 12.4 Å². The molecule has 2 N–H and O–H groups in total. The Kier molecular flexibility index (Phi) is 7.46. The van der Waals surface area contributed by atoms with Crippen molar-refractivity contribution in [2.75, 3.05) is 26.2 Å². The Balaban J connectivity index is 0.00000243. The fourth-order valence-electron chi connectivity index (χ4n) is 3.74. The molecule has 2 saturated heterocycles. The van der Waals surface area contributed by atoms with Crippen LogP contribution in [0, 0.1) is 5.92 Å². The summed E-state index contributed by atoms with van der Waals surface area (Å²) in [7, 11) is -3.41. The topological polar surface area (TPSA) is 83.7 Å². The summed E-state index contributed by atoms with van der Waals surface area (Å²) in [5, 5.41) is 0. The maximum atomic E-state index is 12.8. The van der Waals surface area contributed by atoms with Crippen LogP contribution in [-0.4, -0.2) is 55.8 Å². The van der Waals surface area contributed by atoms with Crippen LogP contribution < -0.4 is 5.73 Å². The third kappa shape index (κ3) is 5.19. The first-order valence-electron chi connectivity index (χ1n) is 9.02. The van der Waals surface area contributed by atoms with E-state index in [-0.39, 0.29) is 36.0 Å². The van der Waals surface area contributed by atoms with Crippen LogP contribution in [-0.2, 0) is 20.6 Å². The summed E-state index contributed by atoms with van der Waals surface area (Å²) < 4.78 is 27.0. The number of benzene rings is 1. The van der Waals surface area contributed by atoms with Gasteiger partial charge in [0.1, 0.15) is 0 Å². The number of halogens is 1. The molecule has 2 atom stereocenters. The fraction of sp³-hybridized carbons (Fsp3) is 0.611. The van der Waals surface area contributed by atoms with Crippen molar-refractivity contribution >= 4 is 28.3 Å². The van der Waals surface area contributed by atoms with Gasteiger partial charge < -0.3 is 10.6 Å². The van der Waals surface area contributed by atoms with E-state index in [0.29, 0.717) is 19.6 Å². The molecule has 26 heavy (non-hydrogen) atoms. The lowest BCUT2D eigenvalue weighted by atomic mass is 9.96. The number of amides is 1. The number of nitrogens with zero attached hydrogens (tertiary/aromatic N) is 2. The van der Waals surface area contributed by atoms with Gasteiger partial charge in [-0.2, -0.15) is 0 Å². The van der Waals surface area contributed by atoms with Crippen LogP contribution in [0.5, 0.6) is 0 Å². The first-order chi connectivity index (χ1) is 12.0. The molecule has 8 heteroatoms. The number of likely N-dealkylation sites (tertiary alicyclic amines) is 1. The molecule has 0 radical (unpaired) electrons. The van der Waals surface area contributed by atoms with Crippen molar-refractivity contribution in [3.63, 3.8) is 0 Å². The van der Waals surface area contributed by atoms with E-state index >= 15 is 0 Å². The second kappa shape index (κ2) is 9.17. The largest absolute Gasteiger partial charge is 0.341 e. The zero-order chi connectivity index (χ0) is 17.9. The lowest BCUT2D eigenvalue weighted by Crippen LogP contribution is -2.51. The number of rotatable bonds is 4. The fourth-order valence-corrected chi connectivity index (χ4v) is 5.35. The van der Waals surface area contributed by atoms with Gasteiger partial charge in [0.25, 0.3) is 0 Å². The molecule has 2 aliphatic heterocycles. The molecule has 0 aromatic heterocycles. The Labute approximate surface area is 162 Å². The van der Waals surface area contributed by atoms with Crippen LogP contribution in [0.15, 0.2) is 30.3 Å². The minimum atomic E-state index is -3.41. The van der Waals surface area contributed by atoms with Gasteiger partial charge in [-0.05, 0) is 31.2 Å². The average molecular weight is 402 g/mol. The highest BCUT2D eigenvalue weighted by atomic mass is 35.5. The number of hydrogen-bond donors (Lipinski definition) is 1. The van der Waals surface area contributed by atoms with Gasteiger partial charge in [0, 0.05) is 32.2 Å². The third-order valence-corrected chi connectivity index (χ3v) is 6.90. The van der Waals surface area contributed by atoms with Gasteiger partial charge in [-0.25, -0.2) is 12.7 Å². The highest BCUT2D eigenvalue weighted by Gasteiger charge is 2.35. The number of sulfonamides is 1. The van der Waals surface area contributed by atoms with Crippen LogP contribution in [0.25, 0.3) is 0 Å². The zero-order valence-electron chi connectivity index (χ0n) is 14.9. The summed E-state index contributed by atoms with van der Waals surface area (Å²) in [5.74, 6) is -0.192. The van der Waals surface area contributed by atoms with E-state index in [1.165, 1.54) is 4.31 Å². The second-order valence-electron chi connectivity index (χ2n) is 7.13. The van der Waals surface area contributed by atoms with E-state index in [9.17, 15) is 13.2 Å². The van der Waals surface area contributed by atoms with Crippen molar-refractivity contribution in [1.82, 2.24) is 9.21 Å². The summed E-state index contributed by atoms with van der Waals surface area (Å²) in [6, 6.07) is 9.23. The molecule has 2 unspecified atom stereocenters. The van der Waals surface area contributed by atoms with Gasteiger partial charge >= 0.3 is 0 Å². The highest BCUT2D eigenvalue weighted by molar-refractivity contribution is 7.88. The van der Waals surface area contributed by atoms with Crippen molar-refractivity contribution < 1.29 is 13.2 Å². The summed E-state index contributed by atoms with van der Waals surface area (Å²) in [5.41, 5.74) is 6.75. The van der Waals surface area contributed by atoms with E-state index in [1.54, 1.807) is 0 Å². The Morgan fingerprint density at radius 1 is 1.08 bits per heavy atom. The summed E-state index contributed by atoms with van der Waals surface area (Å²) >= 11 is 0. The Bertz CT molecular complexity index is 699. The standard InChI is InChI=1S/C18H27N3O3S.ClH/c19-17-9-5-10-20(13-17)18(22)16-8-4-11-21(12-16)25(23,24)14-15-6-2-1-3-7-15;/h1-3,6-7,16-17H,4-5,8-14,19H2;1H. The SMILES string of the molecule is Cl.NC1CCCN(C(=O)C2CCCN(S(=O)(=O)Cc3ccccc3)C2)C1. The number of piperidine rings is 2. The molecule has 0 spiro atoms. The molecule has 1 aromatic carbocycles. The molecule has 1 aromatic rings. The van der Waals surface area contributed by atoms with Gasteiger partial charge in [-0.1, -0.05) is 30.3 Å². The van der Waals surface area contributed by atoms with Crippen LogP contribution in [0.1, 0.15) is 31.2 Å². The van der Waals surface area contributed by atoms with E-state index in [0.717, 1.165) is 37.8 Å². The molecule has 146 valence electrons. The maximum Gasteiger partial charge on any atom is 0.227 e. The number of nitrogens with two attached hydrogens (primary N) is 1. The lowest BCUT2D eigenvalue weighted by molar-refractivity contribution is -0.137. The minimum absolute atomic E-state index is 0. The number of carbonyl (C=O) groups excluding carboxylic acids is 1. The van der Waals surface area contributed by atoms with E-state index in [1.807, 2.05) is 35.2 Å². The van der Waals surface area contributed by atoms with Gasteiger partial charge in [0.15, 0.2) is 0 Å². The van der Waals surface area contributed by atoms with Gasteiger partial charge in [-0.3, -0.25) is 4.79 Å². The van der Waals surface area contributed by atoms with Crippen molar-refractivity contribution in [2.45, 2.75) is 37.5 Å². The van der Waals surface area contributed by atoms with Crippen LogP contribution in [0.4, 0.5) is 0 Å². The molecule has 1 amide bonds. The summed E-state index contributed by atoms with van der Waals surface area (Å²) in [4.78, 5) is 14.6. The Hall–Kier alpha value is -1.15. The molecular weight excluding hydrogens is 374 g/mol. The molecule has 2 aliphatic rings. The Morgan fingerprint density at radius 2 is 1.77 bits per heavy atom. The van der Waals surface area contributed by atoms with Crippen LogP contribution in [0.3, 0.4) is 0 Å². The first kappa shape index (κ1) is 21.2. The van der Waals surface area contributed by atoms with Gasteiger partial charge in [-0.15, -0.1) is 12.4 Å². The van der Waals surface area contributed by atoms with Crippen molar-refractivity contribution in [2.24, 2.45) is 11.7 Å². The molecule has 0 saturated carbocycles. The summed E-state index contributed by atoms with van der Waals surface area (Å²) in [6.45, 7) is 2.12. The Morgan fingerprint density at radius 3 is 2.46 bits per heavy atom. The monoisotopic (exact) mass is 401 g/mol. The molecule has 0 aliphatic carbocycles. The molecule has 2 heterocycles. The quantitative estimate of drug-likeness (QED) is 0.830. The van der Waals surface area contributed by atoms with Gasteiger partial charge in [0.2, 0.25) is 15.9 Å². The molecule has 0 bridgehead atoms. The van der Waals surface area contributed by atoms with E-state index in [2.05, 4.69) is 0 Å². The zero-order valence-corrected chi connectivity index (χ0v) is 16.6. The normalized spacial score (nSPS) is 24.7. The minimum Gasteiger partial charge on any atom is -0.341 e. The van der Waals surface area contributed by atoms with Crippen molar-refractivity contribution in [1.29, 1.82) is 0 Å². The van der Waals surface area contributed by atoms with E-state index in [4.69, 9.17) is 5.73 Å². The molecule has 3 rings (SSSR count). The second-order valence-corrected chi connectivity index (χ2v) is 9.09. The highest BCUT2D eigenvalue weighted by Crippen LogP contribution is 2.24. The average Bonchev–Trinajstić information content (AvgIpc) is 2.62. The molecular formula is C18H28ClN3O3S. The predicted octanol–water partition coefficient (Wildman–Crippen LogP) is 1.60. The van der Waals surface area contributed by atoms with Crippen LogP contribution in [0.2, 0.25) is 0 Å². The summed E-state index contributed by atoms with van der Waals surface area (Å²) in [6.07, 6.45) is 3.36. The molecule has 6 nitrogen and oxygen atoms in total.